The number of hydrogen-bond acceptors (Lipinski definition) is 15. The predicted molar refractivity (Wildman–Crippen MR) is 264 cm³/mol. The number of nitrogens with two attached hydrogens (primary N) is 1. The second-order valence-corrected chi connectivity index (χ2v) is 17.1. The first-order chi connectivity index (χ1) is 32.3. The Bertz CT molecular complexity index is 2540. The van der Waals surface area contributed by atoms with Crippen LogP contribution in [0.3, 0.4) is 0 Å². The van der Waals surface area contributed by atoms with Gasteiger partial charge < -0.3 is 40.4 Å². The van der Waals surface area contributed by atoms with Crippen LogP contribution in [0.25, 0.3) is 20.4 Å². The molecule has 2 amide bonds. The summed E-state index contributed by atoms with van der Waals surface area (Å²) in [6.07, 6.45) is 5.49. The van der Waals surface area contributed by atoms with Crippen LogP contribution in [-0.2, 0) is 41.8 Å². The number of carbonyl (C=O) groups excluding carboxylic acids is 5. The summed E-state index contributed by atoms with van der Waals surface area (Å²) in [5, 5.41) is 13.7. The van der Waals surface area contributed by atoms with Gasteiger partial charge in [-0.3, -0.25) is 14.8 Å². The van der Waals surface area contributed by atoms with Gasteiger partial charge in [-0.05, 0) is 79.6 Å². The van der Waals surface area contributed by atoms with E-state index in [1.165, 1.54) is 22.7 Å². The van der Waals surface area contributed by atoms with Crippen LogP contribution in [0.4, 0.5) is 9.59 Å². The molecular formula is C49H58ClN5O11S2. The van der Waals surface area contributed by atoms with Gasteiger partial charge in [0.05, 0.1) is 38.5 Å². The molecule has 2 atom stereocenters. The molecule has 0 radical (unpaired) electrons. The fourth-order valence-electron chi connectivity index (χ4n) is 5.88. The van der Waals surface area contributed by atoms with E-state index in [2.05, 4.69) is 20.6 Å². The number of carboxylic acids is 1. The molecule has 0 bridgehead atoms. The summed E-state index contributed by atoms with van der Waals surface area (Å²) in [6, 6.07) is 23.8. The van der Waals surface area contributed by atoms with Crippen molar-refractivity contribution >= 4 is 91.4 Å². The van der Waals surface area contributed by atoms with Gasteiger partial charge in [-0.25, -0.2) is 24.0 Å². The first-order valence-corrected chi connectivity index (χ1v) is 23.4. The number of thiophene rings is 2. The van der Waals surface area contributed by atoms with Gasteiger partial charge in [0, 0.05) is 25.4 Å². The number of ether oxygens (including phenoxy) is 4. The Morgan fingerprint density at radius 2 is 1.09 bits per heavy atom. The number of unbranched alkanes of at least 4 members (excludes halogenated alkanes) is 2. The van der Waals surface area contributed by atoms with Gasteiger partial charge in [-0.2, -0.15) is 0 Å². The molecule has 6 rings (SSSR count). The summed E-state index contributed by atoms with van der Waals surface area (Å²) in [7, 11) is 0. The molecule has 0 spiro atoms. The van der Waals surface area contributed by atoms with E-state index < -0.39 is 42.2 Å². The maximum atomic E-state index is 12.8. The second kappa shape index (κ2) is 30.0. The minimum absolute atomic E-state index is 0. The Morgan fingerprint density at radius 1 is 0.647 bits per heavy atom. The average molecular weight is 993 g/mol. The lowest BCUT2D eigenvalue weighted by Gasteiger charge is -2.17. The zero-order valence-corrected chi connectivity index (χ0v) is 40.8. The molecule has 0 fully saturated rings. The number of pyridine rings is 2. The molecular weight excluding hydrogens is 934 g/mol. The van der Waals surface area contributed by atoms with Crippen LogP contribution < -0.4 is 16.4 Å². The van der Waals surface area contributed by atoms with Crippen LogP contribution in [-0.4, -0.2) is 82.8 Å². The van der Waals surface area contributed by atoms with Crippen molar-refractivity contribution in [2.45, 2.75) is 91.5 Å². The molecule has 19 heteroatoms. The number of Topliss-reactive ketones (excluding diaryl/α,β-unsaturated/α-hetero) is 1. The van der Waals surface area contributed by atoms with Crippen molar-refractivity contribution in [3.63, 3.8) is 0 Å². The number of benzene rings is 2. The Labute approximate surface area is 409 Å². The summed E-state index contributed by atoms with van der Waals surface area (Å²) in [6.45, 7) is 8.68. The molecule has 16 nitrogen and oxygen atoms in total. The number of alkyl carbamates (subject to hydrolysis) is 2. The highest BCUT2D eigenvalue weighted by Gasteiger charge is 2.25. The molecule has 0 unspecified atom stereocenters. The molecule has 0 aliphatic heterocycles. The van der Waals surface area contributed by atoms with E-state index in [0.29, 0.717) is 16.4 Å². The summed E-state index contributed by atoms with van der Waals surface area (Å²) < 4.78 is 22.5. The first kappa shape index (κ1) is 55.9. The molecule has 364 valence electrons. The van der Waals surface area contributed by atoms with Crippen LogP contribution in [0.1, 0.15) is 94.0 Å². The van der Waals surface area contributed by atoms with Gasteiger partial charge in [-0.15, -0.1) is 35.1 Å². The van der Waals surface area contributed by atoms with E-state index in [4.69, 9.17) is 29.8 Å². The number of hydrogen-bond donors (Lipinski definition) is 4. The maximum absolute atomic E-state index is 12.8. The number of ketones is 1. The molecule has 0 aliphatic carbocycles. The summed E-state index contributed by atoms with van der Waals surface area (Å²) in [4.78, 5) is 80.9. The number of amides is 2. The highest BCUT2D eigenvalue weighted by atomic mass is 35.5. The minimum Gasteiger partial charge on any atom is -0.477 e. The average Bonchev–Trinajstić information content (AvgIpc) is 3.99. The first-order valence-electron chi connectivity index (χ1n) is 21.8. The van der Waals surface area contributed by atoms with Crippen molar-refractivity contribution in [1.29, 1.82) is 0 Å². The number of nitrogens with one attached hydrogen (secondary N) is 2. The van der Waals surface area contributed by atoms with E-state index in [1.807, 2.05) is 100 Å². The Kier molecular flexibility index (Phi) is 24.7. The smallest absolute Gasteiger partial charge is 0.408 e. The number of carboxylic acid groups (broad SMARTS) is 1. The topological polar surface area (TPSA) is 235 Å². The van der Waals surface area contributed by atoms with Crippen molar-refractivity contribution in [2.24, 2.45) is 5.73 Å². The molecule has 4 aromatic heterocycles. The molecule has 4 heterocycles. The van der Waals surface area contributed by atoms with Crippen LogP contribution in [0.5, 0.6) is 0 Å². The molecule has 0 saturated carbocycles. The molecule has 0 saturated heterocycles. The lowest BCUT2D eigenvalue weighted by atomic mass is 10.1. The fourth-order valence-corrected chi connectivity index (χ4v) is 7.86. The number of aromatic carboxylic acids is 1. The van der Waals surface area contributed by atoms with Crippen molar-refractivity contribution in [3.8, 4) is 0 Å². The van der Waals surface area contributed by atoms with Crippen LogP contribution in [0.15, 0.2) is 97.3 Å². The number of aromatic nitrogens is 2. The highest BCUT2D eigenvalue weighted by Crippen LogP contribution is 2.28. The fraction of sp³-hybridized carbons (Fsp3) is 0.347. The van der Waals surface area contributed by atoms with Crippen molar-refractivity contribution in [2.75, 3.05) is 19.8 Å². The monoisotopic (exact) mass is 991 g/mol. The zero-order chi connectivity index (χ0) is 48.6. The Hall–Kier alpha value is -6.47. The summed E-state index contributed by atoms with van der Waals surface area (Å²) in [5.74, 6) is -2.10. The Morgan fingerprint density at radius 3 is 1.53 bits per heavy atom. The van der Waals surface area contributed by atoms with Crippen LogP contribution >= 0.6 is 35.1 Å². The normalized spacial score (nSPS) is 11.2. The SMILES string of the molecule is CCCCOC(=O)[C@@H](CCC(=O)c1cc2nccc(C)c2s1)NC(=O)OCc1ccccc1.CCCCOC(=O)[C@@H](CN)NC(=O)OCc1ccccc1.Cc1ccnc2cc(C(=O)O)sc12.Cl. The third kappa shape index (κ3) is 18.7. The number of carbonyl (C=O) groups is 6. The third-order valence-electron chi connectivity index (χ3n) is 9.66. The lowest BCUT2D eigenvalue weighted by molar-refractivity contribution is -0.147. The van der Waals surface area contributed by atoms with Crippen LogP contribution in [0, 0.1) is 13.8 Å². The molecule has 2 aromatic carbocycles. The predicted octanol–water partition coefficient (Wildman–Crippen LogP) is 9.51. The van der Waals surface area contributed by atoms with E-state index >= 15 is 0 Å². The number of aryl methyl sites for hydroxylation is 2. The lowest BCUT2D eigenvalue weighted by Crippen LogP contribution is -2.46. The van der Waals surface area contributed by atoms with Crippen molar-refractivity contribution in [3.05, 3.63) is 129 Å². The van der Waals surface area contributed by atoms with Crippen molar-refractivity contribution < 1.29 is 52.8 Å². The van der Waals surface area contributed by atoms with Gasteiger partial charge in [0.2, 0.25) is 0 Å². The van der Waals surface area contributed by atoms with E-state index in [9.17, 15) is 28.8 Å². The maximum Gasteiger partial charge on any atom is 0.408 e. The molecule has 68 heavy (non-hydrogen) atoms. The Balaban J connectivity index is 0.000000298. The zero-order valence-electron chi connectivity index (χ0n) is 38.4. The highest BCUT2D eigenvalue weighted by molar-refractivity contribution is 7.21. The molecule has 6 aromatic rings. The minimum atomic E-state index is -0.969. The van der Waals surface area contributed by atoms with Gasteiger partial charge in [0.25, 0.3) is 0 Å². The number of halogens is 1. The standard InChI is InChI=1S/C25H28N2O5S.C15H22N2O4.C9H7NO2S.ClH/c1-3-4-14-31-24(29)19(27-25(30)32-16-18-8-6-5-7-9-18)10-11-21(28)22-15-20-23(33-22)17(2)12-13-26-20;1-2-3-9-20-14(18)13(10-16)17-15(19)21-11-12-7-5-4-6-8-12;1-5-2-3-10-6-4-7(9(11)12)13-8(5)6;/h5-9,12-13,15,19H,3-4,10-11,14,16H2,1-2H3,(H,27,30);4-8,13H,2-3,9-11,16H2,1H3,(H,17,19);2-4H,1H3,(H,11,12);1H/t19-;13-;;/m11../s1. The summed E-state index contributed by atoms with van der Waals surface area (Å²) >= 11 is 2.66. The third-order valence-corrected chi connectivity index (χ3v) is 12.2. The number of esters is 2. The number of rotatable bonds is 20. The van der Waals surface area contributed by atoms with E-state index in [-0.39, 0.29) is 57.4 Å². The van der Waals surface area contributed by atoms with Gasteiger partial charge in [-0.1, -0.05) is 87.4 Å². The van der Waals surface area contributed by atoms with Gasteiger partial charge >= 0.3 is 30.1 Å². The van der Waals surface area contributed by atoms with Crippen molar-refractivity contribution in [1.82, 2.24) is 20.6 Å². The second-order valence-electron chi connectivity index (χ2n) is 15.0. The summed E-state index contributed by atoms with van der Waals surface area (Å²) in [5.41, 5.74) is 10.8. The van der Waals surface area contributed by atoms with Crippen LogP contribution in [0.2, 0.25) is 0 Å². The quantitative estimate of drug-likeness (QED) is 0.0241. The van der Waals surface area contributed by atoms with E-state index in [1.54, 1.807) is 24.5 Å². The largest absolute Gasteiger partial charge is 0.477 e. The molecule has 5 N–H and O–H groups in total. The van der Waals surface area contributed by atoms with E-state index in [0.717, 1.165) is 68.4 Å². The van der Waals surface area contributed by atoms with Gasteiger partial charge in [0.1, 0.15) is 30.2 Å². The molecule has 0 aliphatic rings. The number of nitrogens with zero attached hydrogens (tertiary/aromatic N) is 2. The van der Waals surface area contributed by atoms with Gasteiger partial charge in [0.15, 0.2) is 5.78 Å². The number of fused-ring (bicyclic) bond motifs is 2.